The maximum atomic E-state index is 13.1. The molecule has 1 amide bonds. The Morgan fingerprint density at radius 1 is 1.13 bits per heavy atom. The smallest absolute Gasteiger partial charge is 0.246 e. The lowest BCUT2D eigenvalue weighted by Crippen LogP contribution is -2.45. The molecule has 1 aromatic rings. The third-order valence-electron chi connectivity index (χ3n) is 5.64. The number of hydrogen-bond acceptors (Lipinski definition) is 7. The number of benzene rings is 1. The van der Waals surface area contributed by atoms with Crippen LogP contribution in [0.15, 0.2) is 23.1 Å². The molecule has 0 bridgehead atoms. The lowest BCUT2D eigenvalue weighted by Gasteiger charge is -2.31. The highest BCUT2D eigenvalue weighted by Crippen LogP contribution is 2.32. The van der Waals surface area contributed by atoms with Crippen molar-refractivity contribution >= 4 is 15.9 Å². The van der Waals surface area contributed by atoms with Gasteiger partial charge in [0.05, 0.1) is 27.4 Å². The molecule has 168 valence electrons. The van der Waals surface area contributed by atoms with Crippen molar-refractivity contribution < 1.29 is 27.4 Å². The van der Waals surface area contributed by atoms with E-state index in [9.17, 15) is 13.2 Å². The Morgan fingerprint density at radius 2 is 1.83 bits per heavy atom. The largest absolute Gasteiger partial charge is 0.497 e. The Hall–Kier alpha value is -1.88. The minimum atomic E-state index is -3.74. The number of rotatable bonds is 8. The van der Waals surface area contributed by atoms with Crippen LogP contribution in [-0.2, 0) is 19.6 Å². The van der Waals surface area contributed by atoms with Gasteiger partial charge in [-0.25, -0.2) is 8.42 Å². The number of methoxy groups -OCH3 is 2. The first-order valence-corrected chi connectivity index (χ1v) is 11.7. The average molecular weight is 442 g/mol. The fourth-order valence-electron chi connectivity index (χ4n) is 3.79. The summed E-state index contributed by atoms with van der Waals surface area (Å²) in [5.41, 5.74) is 0. The van der Waals surface area contributed by atoms with Crippen LogP contribution in [0, 0.1) is 5.92 Å². The first kappa shape index (κ1) is 22.8. The van der Waals surface area contributed by atoms with E-state index >= 15 is 0 Å². The molecule has 1 aromatic carbocycles. The van der Waals surface area contributed by atoms with E-state index in [-0.39, 0.29) is 22.5 Å². The molecule has 0 aromatic heterocycles. The molecule has 0 radical (unpaired) electrons. The second-order valence-electron chi connectivity index (χ2n) is 7.44. The van der Waals surface area contributed by atoms with Gasteiger partial charge in [0.15, 0.2) is 0 Å². The van der Waals surface area contributed by atoms with Crippen LogP contribution in [0.4, 0.5) is 0 Å². The molecule has 10 heteroatoms. The van der Waals surface area contributed by atoms with Crippen LogP contribution in [0.2, 0.25) is 0 Å². The van der Waals surface area contributed by atoms with Gasteiger partial charge in [-0.1, -0.05) is 0 Å². The summed E-state index contributed by atoms with van der Waals surface area (Å²) in [5.74, 6) is 0.551. The molecule has 2 aliphatic rings. The summed E-state index contributed by atoms with van der Waals surface area (Å²) in [4.78, 5) is 14.8. The maximum absolute atomic E-state index is 13.1. The highest BCUT2D eigenvalue weighted by Gasteiger charge is 2.34. The van der Waals surface area contributed by atoms with Crippen molar-refractivity contribution in [3.05, 3.63) is 18.2 Å². The number of morpholine rings is 1. The van der Waals surface area contributed by atoms with Gasteiger partial charge in [-0.3, -0.25) is 9.69 Å². The first-order valence-electron chi connectivity index (χ1n) is 10.3. The van der Waals surface area contributed by atoms with Crippen LogP contribution in [0.1, 0.15) is 12.8 Å². The number of nitrogens with zero attached hydrogens (tertiary/aromatic N) is 2. The molecule has 2 fully saturated rings. The van der Waals surface area contributed by atoms with Gasteiger partial charge in [0, 0.05) is 51.3 Å². The molecule has 0 spiro atoms. The summed E-state index contributed by atoms with van der Waals surface area (Å²) in [7, 11) is -0.814. The monoisotopic (exact) mass is 441 g/mol. The Morgan fingerprint density at radius 3 is 2.47 bits per heavy atom. The number of carbonyl (C=O) groups excluding carboxylic acids is 1. The molecule has 2 saturated heterocycles. The molecule has 30 heavy (non-hydrogen) atoms. The van der Waals surface area contributed by atoms with Gasteiger partial charge in [-0.05, 0) is 25.0 Å². The van der Waals surface area contributed by atoms with Gasteiger partial charge in [0.1, 0.15) is 16.4 Å². The second kappa shape index (κ2) is 10.4. The van der Waals surface area contributed by atoms with E-state index in [0.717, 1.165) is 32.8 Å². The zero-order valence-corrected chi connectivity index (χ0v) is 18.4. The number of hydrogen-bond donors (Lipinski definition) is 1. The summed E-state index contributed by atoms with van der Waals surface area (Å²) < 4.78 is 43.4. The number of ether oxygens (including phenoxy) is 3. The number of sulfonamides is 1. The van der Waals surface area contributed by atoms with Crippen LogP contribution in [-0.4, -0.2) is 90.2 Å². The van der Waals surface area contributed by atoms with E-state index in [1.807, 2.05) is 0 Å². The molecule has 0 saturated carbocycles. The van der Waals surface area contributed by atoms with E-state index < -0.39 is 10.0 Å². The summed E-state index contributed by atoms with van der Waals surface area (Å²) in [6.07, 6.45) is 0.990. The van der Waals surface area contributed by atoms with E-state index in [1.165, 1.54) is 24.6 Å². The molecule has 0 aliphatic carbocycles. The number of piperidine rings is 1. The van der Waals surface area contributed by atoms with Crippen molar-refractivity contribution in [1.29, 1.82) is 0 Å². The molecule has 1 N–H and O–H groups in total. The Bertz CT molecular complexity index is 818. The summed E-state index contributed by atoms with van der Waals surface area (Å²) in [6.45, 7) is 5.24. The molecule has 2 aliphatic heterocycles. The van der Waals surface area contributed by atoms with Crippen molar-refractivity contribution in [2.45, 2.75) is 17.7 Å². The molecule has 2 heterocycles. The summed E-state index contributed by atoms with van der Waals surface area (Å²) in [6, 6.07) is 4.71. The fraction of sp³-hybridized carbons (Fsp3) is 0.650. The summed E-state index contributed by atoms with van der Waals surface area (Å²) in [5, 5.41) is 2.99. The SMILES string of the molecule is COc1ccc(OC)c(S(=O)(=O)N2CCC(C(=O)NCCN3CCOCC3)CC2)c1. The van der Waals surface area contributed by atoms with Gasteiger partial charge in [0.2, 0.25) is 15.9 Å². The molecular weight excluding hydrogens is 410 g/mol. The molecular formula is C20H31N3O6S. The van der Waals surface area contributed by atoms with E-state index in [2.05, 4.69) is 10.2 Å². The predicted molar refractivity (Wildman–Crippen MR) is 111 cm³/mol. The van der Waals surface area contributed by atoms with Gasteiger partial charge in [0.25, 0.3) is 0 Å². The zero-order chi connectivity index (χ0) is 21.6. The van der Waals surface area contributed by atoms with E-state index in [0.29, 0.717) is 38.2 Å². The second-order valence-corrected chi connectivity index (χ2v) is 9.35. The quantitative estimate of drug-likeness (QED) is 0.629. The first-order chi connectivity index (χ1) is 14.5. The van der Waals surface area contributed by atoms with Crippen molar-refractivity contribution in [2.75, 3.05) is 66.7 Å². The van der Waals surface area contributed by atoms with Crippen LogP contribution < -0.4 is 14.8 Å². The minimum Gasteiger partial charge on any atom is -0.497 e. The van der Waals surface area contributed by atoms with E-state index in [1.54, 1.807) is 12.1 Å². The lowest BCUT2D eigenvalue weighted by molar-refractivity contribution is -0.126. The van der Waals surface area contributed by atoms with Gasteiger partial charge in [-0.15, -0.1) is 0 Å². The lowest BCUT2D eigenvalue weighted by atomic mass is 9.97. The maximum Gasteiger partial charge on any atom is 0.246 e. The van der Waals surface area contributed by atoms with Gasteiger partial charge < -0.3 is 19.5 Å². The predicted octanol–water partition coefficient (Wildman–Crippen LogP) is 0.553. The Kier molecular flexibility index (Phi) is 7.93. The van der Waals surface area contributed by atoms with Crippen LogP contribution >= 0.6 is 0 Å². The van der Waals surface area contributed by atoms with Crippen molar-refractivity contribution in [3.8, 4) is 11.5 Å². The zero-order valence-electron chi connectivity index (χ0n) is 17.6. The molecule has 0 unspecified atom stereocenters. The number of carbonyl (C=O) groups is 1. The normalized spacial score (nSPS) is 19.4. The van der Waals surface area contributed by atoms with Crippen LogP contribution in [0.25, 0.3) is 0 Å². The minimum absolute atomic E-state index is 0.000677. The highest BCUT2D eigenvalue weighted by atomic mass is 32.2. The number of amides is 1. The number of nitrogens with one attached hydrogen (secondary N) is 1. The van der Waals surface area contributed by atoms with Crippen molar-refractivity contribution in [1.82, 2.24) is 14.5 Å². The third-order valence-corrected chi connectivity index (χ3v) is 7.56. The summed E-state index contributed by atoms with van der Waals surface area (Å²) >= 11 is 0. The molecule has 3 rings (SSSR count). The van der Waals surface area contributed by atoms with Gasteiger partial charge in [-0.2, -0.15) is 4.31 Å². The van der Waals surface area contributed by atoms with Gasteiger partial charge >= 0.3 is 0 Å². The van der Waals surface area contributed by atoms with Crippen LogP contribution in [0.3, 0.4) is 0 Å². The Labute approximate surface area is 178 Å². The third kappa shape index (κ3) is 5.42. The average Bonchev–Trinajstić information content (AvgIpc) is 2.79. The molecule has 9 nitrogen and oxygen atoms in total. The fourth-order valence-corrected chi connectivity index (χ4v) is 5.43. The molecule has 0 atom stereocenters. The Balaban J connectivity index is 1.53. The van der Waals surface area contributed by atoms with E-state index in [4.69, 9.17) is 14.2 Å². The highest BCUT2D eigenvalue weighted by molar-refractivity contribution is 7.89. The van der Waals surface area contributed by atoms with Crippen LogP contribution in [0.5, 0.6) is 11.5 Å². The van der Waals surface area contributed by atoms with Crippen molar-refractivity contribution in [3.63, 3.8) is 0 Å². The topological polar surface area (TPSA) is 97.4 Å². The standard InChI is InChI=1S/C20H31N3O6S/c1-27-17-3-4-18(28-2)19(15-17)30(25,26)23-8-5-16(6-9-23)20(24)21-7-10-22-11-13-29-14-12-22/h3-4,15-16H,5-14H2,1-2H3,(H,21,24). The van der Waals surface area contributed by atoms with Crippen molar-refractivity contribution in [2.24, 2.45) is 5.92 Å².